The van der Waals surface area contributed by atoms with Gasteiger partial charge in [-0.25, -0.2) is 8.42 Å². The monoisotopic (exact) mass is 313 g/mol. The molecule has 4 nitrogen and oxygen atoms in total. The van der Waals surface area contributed by atoms with E-state index in [4.69, 9.17) is 4.74 Å². The van der Waals surface area contributed by atoms with E-state index in [2.05, 4.69) is 24.4 Å². The number of hydrogen-bond donors (Lipinski definition) is 1. The lowest BCUT2D eigenvalue weighted by Gasteiger charge is -2.18. The molecule has 0 heterocycles. The van der Waals surface area contributed by atoms with Crippen molar-refractivity contribution in [3.8, 4) is 5.75 Å². The Kier molecular flexibility index (Phi) is 7.75. The normalized spacial score (nSPS) is 13.1. The Morgan fingerprint density at radius 3 is 2.38 bits per heavy atom. The van der Waals surface area contributed by atoms with Crippen molar-refractivity contribution in [2.75, 3.05) is 25.2 Å². The zero-order valence-electron chi connectivity index (χ0n) is 13.3. The highest BCUT2D eigenvalue weighted by atomic mass is 32.2. The Labute approximate surface area is 128 Å². The number of benzene rings is 1. The van der Waals surface area contributed by atoms with Gasteiger partial charge in [0.05, 0.1) is 12.9 Å². The van der Waals surface area contributed by atoms with Crippen LogP contribution in [0.15, 0.2) is 24.3 Å². The van der Waals surface area contributed by atoms with Gasteiger partial charge in [-0.15, -0.1) is 0 Å². The predicted molar refractivity (Wildman–Crippen MR) is 87.7 cm³/mol. The van der Waals surface area contributed by atoms with Crippen LogP contribution in [0.1, 0.15) is 32.3 Å². The summed E-state index contributed by atoms with van der Waals surface area (Å²) in [6.07, 6.45) is 2.49. The third-order valence-corrected chi connectivity index (χ3v) is 5.37. The fourth-order valence-corrected chi connectivity index (χ4v) is 3.20. The van der Waals surface area contributed by atoms with E-state index in [1.165, 1.54) is 5.56 Å². The van der Waals surface area contributed by atoms with Crippen LogP contribution in [0, 0.1) is 0 Å². The van der Waals surface area contributed by atoms with Crippen LogP contribution >= 0.6 is 0 Å². The lowest BCUT2D eigenvalue weighted by Crippen LogP contribution is -2.31. The maximum Gasteiger partial charge on any atom is 0.150 e. The van der Waals surface area contributed by atoms with E-state index in [1.54, 1.807) is 14.0 Å². The molecule has 0 aliphatic heterocycles. The van der Waals surface area contributed by atoms with Crippen molar-refractivity contribution in [1.29, 1.82) is 0 Å². The fraction of sp³-hybridized carbons (Fsp3) is 0.625. The molecular formula is C16H27NO3S. The van der Waals surface area contributed by atoms with E-state index >= 15 is 0 Å². The SMILES string of the molecule is CCNC(CCCS(=O)(=O)CC)Cc1ccc(OC)cc1. The topological polar surface area (TPSA) is 55.4 Å². The minimum absolute atomic E-state index is 0.233. The summed E-state index contributed by atoms with van der Waals surface area (Å²) in [6, 6.07) is 8.35. The summed E-state index contributed by atoms with van der Waals surface area (Å²) in [4.78, 5) is 0. The van der Waals surface area contributed by atoms with E-state index in [9.17, 15) is 8.42 Å². The van der Waals surface area contributed by atoms with Crippen molar-refractivity contribution < 1.29 is 13.2 Å². The molecule has 0 amide bonds. The summed E-state index contributed by atoms with van der Waals surface area (Å²) in [5.41, 5.74) is 1.24. The van der Waals surface area contributed by atoms with Gasteiger partial charge >= 0.3 is 0 Å². The van der Waals surface area contributed by atoms with Gasteiger partial charge in [0.2, 0.25) is 0 Å². The average molecular weight is 313 g/mol. The number of sulfone groups is 1. The average Bonchev–Trinajstić information content (AvgIpc) is 2.48. The summed E-state index contributed by atoms with van der Waals surface area (Å²) in [5, 5.41) is 3.44. The Hall–Kier alpha value is -1.07. The second-order valence-electron chi connectivity index (χ2n) is 5.19. The van der Waals surface area contributed by atoms with Gasteiger partial charge in [0.25, 0.3) is 0 Å². The van der Waals surface area contributed by atoms with Crippen LogP contribution < -0.4 is 10.1 Å². The molecular weight excluding hydrogens is 286 g/mol. The van der Waals surface area contributed by atoms with Gasteiger partial charge in [0.15, 0.2) is 0 Å². The molecule has 1 unspecified atom stereocenters. The second-order valence-corrected chi connectivity index (χ2v) is 7.66. The smallest absolute Gasteiger partial charge is 0.150 e. The number of rotatable bonds is 10. The van der Waals surface area contributed by atoms with E-state index in [0.717, 1.165) is 25.1 Å². The number of likely N-dealkylation sites (N-methyl/N-ethyl adjacent to an activating group) is 1. The Morgan fingerprint density at radius 1 is 1.19 bits per heavy atom. The standard InChI is InChI=1S/C16H27NO3S/c1-4-17-15(7-6-12-21(18,19)5-2)13-14-8-10-16(20-3)11-9-14/h8-11,15,17H,4-7,12-13H2,1-3H3. The highest BCUT2D eigenvalue weighted by Gasteiger charge is 2.12. The van der Waals surface area contributed by atoms with Gasteiger partial charge in [-0.3, -0.25) is 0 Å². The largest absolute Gasteiger partial charge is 0.497 e. The lowest BCUT2D eigenvalue weighted by molar-refractivity contribution is 0.414. The van der Waals surface area contributed by atoms with Crippen molar-refractivity contribution in [2.45, 2.75) is 39.2 Å². The molecule has 1 rings (SSSR count). The lowest BCUT2D eigenvalue weighted by atomic mass is 10.0. The van der Waals surface area contributed by atoms with Gasteiger partial charge in [0.1, 0.15) is 15.6 Å². The van der Waals surface area contributed by atoms with Crippen LogP contribution in [-0.2, 0) is 16.3 Å². The van der Waals surface area contributed by atoms with Crippen molar-refractivity contribution in [2.24, 2.45) is 0 Å². The summed E-state index contributed by atoms with van der Waals surface area (Å²) >= 11 is 0. The van der Waals surface area contributed by atoms with Crippen molar-refractivity contribution >= 4 is 9.84 Å². The zero-order valence-corrected chi connectivity index (χ0v) is 14.1. The zero-order chi connectivity index (χ0) is 15.7. The molecule has 0 spiro atoms. The van der Waals surface area contributed by atoms with Crippen LogP contribution in [0.25, 0.3) is 0 Å². The Morgan fingerprint density at radius 2 is 1.86 bits per heavy atom. The molecule has 0 aliphatic carbocycles. The maximum atomic E-state index is 11.5. The van der Waals surface area contributed by atoms with Crippen molar-refractivity contribution in [3.63, 3.8) is 0 Å². The molecule has 1 N–H and O–H groups in total. The molecule has 5 heteroatoms. The first-order chi connectivity index (χ1) is 10.0. The fourth-order valence-electron chi connectivity index (χ4n) is 2.31. The van der Waals surface area contributed by atoms with E-state index in [1.807, 2.05) is 12.1 Å². The first-order valence-corrected chi connectivity index (χ1v) is 9.39. The number of ether oxygens (including phenoxy) is 1. The molecule has 0 radical (unpaired) electrons. The predicted octanol–water partition coefficient (Wildman–Crippen LogP) is 2.43. The summed E-state index contributed by atoms with van der Waals surface area (Å²) in [5.74, 6) is 1.37. The Balaban J connectivity index is 2.52. The Bertz CT molecular complexity index is 497. The molecule has 1 aromatic rings. The van der Waals surface area contributed by atoms with Gasteiger partial charge in [-0.1, -0.05) is 26.0 Å². The molecule has 0 aliphatic rings. The molecule has 120 valence electrons. The molecule has 0 saturated heterocycles. The van der Waals surface area contributed by atoms with E-state index in [-0.39, 0.29) is 11.5 Å². The molecule has 0 saturated carbocycles. The van der Waals surface area contributed by atoms with Crippen molar-refractivity contribution in [1.82, 2.24) is 5.32 Å². The molecule has 0 aromatic heterocycles. The van der Waals surface area contributed by atoms with Crippen LogP contribution in [0.4, 0.5) is 0 Å². The number of nitrogens with one attached hydrogen (secondary N) is 1. The number of methoxy groups -OCH3 is 1. The minimum atomic E-state index is -2.86. The van der Waals surface area contributed by atoms with Crippen LogP contribution in [0.3, 0.4) is 0 Å². The molecule has 1 atom stereocenters. The van der Waals surface area contributed by atoms with Crippen LogP contribution in [-0.4, -0.2) is 39.6 Å². The summed E-state index contributed by atoms with van der Waals surface area (Å²) in [7, 11) is -1.20. The molecule has 0 bridgehead atoms. The molecule has 21 heavy (non-hydrogen) atoms. The van der Waals surface area contributed by atoms with Gasteiger partial charge < -0.3 is 10.1 Å². The summed E-state index contributed by atoms with van der Waals surface area (Å²) in [6.45, 7) is 4.67. The molecule has 1 aromatic carbocycles. The quantitative estimate of drug-likeness (QED) is 0.721. The highest BCUT2D eigenvalue weighted by Crippen LogP contribution is 2.14. The van der Waals surface area contributed by atoms with E-state index < -0.39 is 9.84 Å². The first kappa shape index (κ1) is 18.0. The third-order valence-electron chi connectivity index (χ3n) is 3.58. The van der Waals surface area contributed by atoms with Crippen LogP contribution in [0.5, 0.6) is 5.75 Å². The minimum Gasteiger partial charge on any atom is -0.497 e. The van der Waals surface area contributed by atoms with Gasteiger partial charge in [-0.2, -0.15) is 0 Å². The van der Waals surface area contributed by atoms with Gasteiger partial charge in [0, 0.05) is 11.8 Å². The second kappa shape index (κ2) is 9.05. The van der Waals surface area contributed by atoms with Gasteiger partial charge in [-0.05, 0) is 43.5 Å². The van der Waals surface area contributed by atoms with Crippen LogP contribution in [0.2, 0.25) is 0 Å². The summed E-state index contributed by atoms with van der Waals surface area (Å²) < 4.78 is 28.2. The number of hydrogen-bond acceptors (Lipinski definition) is 4. The van der Waals surface area contributed by atoms with E-state index in [0.29, 0.717) is 12.5 Å². The highest BCUT2D eigenvalue weighted by molar-refractivity contribution is 7.91. The van der Waals surface area contributed by atoms with Crippen molar-refractivity contribution in [3.05, 3.63) is 29.8 Å². The molecule has 0 fully saturated rings. The first-order valence-electron chi connectivity index (χ1n) is 7.57. The maximum absolute atomic E-state index is 11.5. The third kappa shape index (κ3) is 6.96.